The molecule has 0 fully saturated rings. The van der Waals surface area contributed by atoms with Crippen LogP contribution in [0.1, 0.15) is 12.0 Å². The van der Waals surface area contributed by atoms with E-state index in [2.05, 4.69) is 0 Å². The number of carbonyl (C=O) groups excluding carboxylic acids is 1. The lowest BCUT2D eigenvalue weighted by atomic mass is 10.2. The molecule has 5 heteroatoms. The van der Waals surface area contributed by atoms with Crippen molar-refractivity contribution in [3.8, 4) is 17.2 Å². The molecule has 0 bridgehead atoms. The number of ether oxygens (including phenoxy) is 3. The third kappa shape index (κ3) is 3.94. The van der Waals surface area contributed by atoms with Gasteiger partial charge in [-0.2, -0.15) is 0 Å². The van der Waals surface area contributed by atoms with Crippen LogP contribution in [-0.2, 0) is 11.3 Å². The van der Waals surface area contributed by atoms with Crippen LogP contribution in [0.15, 0.2) is 48.5 Å². The molecular formula is C18H19NO4. The maximum Gasteiger partial charge on any atom is 0.231 e. The van der Waals surface area contributed by atoms with E-state index in [-0.39, 0.29) is 12.7 Å². The number of hydrogen-bond acceptors (Lipinski definition) is 4. The normalized spacial score (nSPS) is 12.0. The second kappa shape index (κ2) is 7.05. The Bertz CT molecular complexity index is 672. The van der Waals surface area contributed by atoms with Gasteiger partial charge in [-0.25, -0.2) is 0 Å². The molecular weight excluding hydrogens is 294 g/mol. The number of nitrogens with zero attached hydrogens (tertiary/aromatic N) is 1. The van der Waals surface area contributed by atoms with Gasteiger partial charge in [0.15, 0.2) is 11.5 Å². The van der Waals surface area contributed by atoms with E-state index < -0.39 is 0 Å². The smallest absolute Gasteiger partial charge is 0.231 e. The number of benzene rings is 2. The monoisotopic (exact) mass is 313 g/mol. The summed E-state index contributed by atoms with van der Waals surface area (Å²) in [6, 6.07) is 15.2. The predicted molar refractivity (Wildman–Crippen MR) is 85.6 cm³/mol. The first-order chi connectivity index (χ1) is 11.2. The molecule has 1 aliphatic rings. The van der Waals surface area contributed by atoms with Gasteiger partial charge >= 0.3 is 0 Å². The topological polar surface area (TPSA) is 48.0 Å². The average molecular weight is 313 g/mol. The lowest BCUT2D eigenvalue weighted by molar-refractivity contribution is -0.130. The first kappa shape index (κ1) is 15.2. The van der Waals surface area contributed by atoms with Gasteiger partial charge in [0.25, 0.3) is 0 Å². The molecule has 0 radical (unpaired) electrons. The Labute approximate surface area is 135 Å². The van der Waals surface area contributed by atoms with Crippen molar-refractivity contribution in [1.29, 1.82) is 0 Å². The molecule has 5 nitrogen and oxygen atoms in total. The minimum Gasteiger partial charge on any atom is -0.493 e. The van der Waals surface area contributed by atoms with Crippen molar-refractivity contribution in [1.82, 2.24) is 4.90 Å². The number of carbonyl (C=O) groups is 1. The molecule has 0 N–H and O–H groups in total. The van der Waals surface area contributed by atoms with Crippen LogP contribution in [0.2, 0.25) is 0 Å². The van der Waals surface area contributed by atoms with Crippen LogP contribution in [0, 0.1) is 0 Å². The van der Waals surface area contributed by atoms with Gasteiger partial charge in [0.2, 0.25) is 12.7 Å². The average Bonchev–Trinajstić information content (AvgIpc) is 3.03. The van der Waals surface area contributed by atoms with E-state index in [1.807, 2.05) is 48.5 Å². The molecule has 3 rings (SSSR count). The Morgan fingerprint density at radius 1 is 1.13 bits per heavy atom. The number of rotatable bonds is 6. The summed E-state index contributed by atoms with van der Waals surface area (Å²) in [6.07, 6.45) is 0.343. The summed E-state index contributed by atoms with van der Waals surface area (Å²) in [6.45, 7) is 1.15. The summed E-state index contributed by atoms with van der Waals surface area (Å²) >= 11 is 0. The molecule has 0 atom stereocenters. The molecule has 2 aromatic rings. The van der Waals surface area contributed by atoms with Gasteiger partial charge in [-0.05, 0) is 29.8 Å². The van der Waals surface area contributed by atoms with Gasteiger partial charge in [0.1, 0.15) is 5.75 Å². The molecule has 0 spiro atoms. The van der Waals surface area contributed by atoms with Gasteiger partial charge in [0.05, 0.1) is 13.0 Å². The SMILES string of the molecule is CN(Cc1ccc2c(c1)OCO2)C(=O)CCOc1ccccc1. The van der Waals surface area contributed by atoms with E-state index in [9.17, 15) is 4.79 Å². The van der Waals surface area contributed by atoms with E-state index in [1.54, 1.807) is 11.9 Å². The van der Waals surface area contributed by atoms with Crippen molar-refractivity contribution in [3.05, 3.63) is 54.1 Å². The Kier molecular flexibility index (Phi) is 4.66. The third-order valence-electron chi connectivity index (χ3n) is 3.61. The molecule has 1 amide bonds. The number of hydrogen-bond donors (Lipinski definition) is 0. The van der Waals surface area contributed by atoms with Gasteiger partial charge in [-0.3, -0.25) is 4.79 Å². The van der Waals surface area contributed by atoms with Gasteiger partial charge in [-0.15, -0.1) is 0 Å². The minimum atomic E-state index is 0.0404. The van der Waals surface area contributed by atoms with Gasteiger partial charge < -0.3 is 19.1 Å². The fourth-order valence-corrected chi connectivity index (χ4v) is 2.37. The first-order valence-corrected chi connectivity index (χ1v) is 7.53. The fourth-order valence-electron chi connectivity index (χ4n) is 2.37. The lowest BCUT2D eigenvalue weighted by Crippen LogP contribution is -2.27. The summed E-state index contributed by atoms with van der Waals surface area (Å²) in [5.74, 6) is 2.30. The summed E-state index contributed by atoms with van der Waals surface area (Å²) in [5, 5.41) is 0. The zero-order chi connectivity index (χ0) is 16.1. The van der Waals surface area contributed by atoms with Crippen LogP contribution in [0.4, 0.5) is 0 Å². The van der Waals surface area contributed by atoms with E-state index in [0.717, 1.165) is 22.8 Å². The van der Waals surface area contributed by atoms with Crippen molar-refractivity contribution in [3.63, 3.8) is 0 Å². The maximum atomic E-state index is 12.2. The Morgan fingerprint density at radius 2 is 1.91 bits per heavy atom. The zero-order valence-corrected chi connectivity index (χ0v) is 13.0. The van der Waals surface area contributed by atoms with E-state index in [1.165, 1.54) is 0 Å². The Morgan fingerprint density at radius 3 is 2.74 bits per heavy atom. The molecule has 0 aromatic heterocycles. The summed E-state index contributed by atoms with van der Waals surface area (Å²) in [4.78, 5) is 13.8. The number of para-hydroxylation sites is 1. The molecule has 1 aliphatic heterocycles. The first-order valence-electron chi connectivity index (χ1n) is 7.53. The molecule has 0 saturated heterocycles. The van der Waals surface area contributed by atoms with Crippen molar-refractivity contribution in [2.75, 3.05) is 20.4 Å². The highest BCUT2D eigenvalue weighted by Gasteiger charge is 2.15. The Balaban J connectivity index is 1.47. The van der Waals surface area contributed by atoms with Gasteiger partial charge in [-0.1, -0.05) is 24.3 Å². The third-order valence-corrected chi connectivity index (χ3v) is 3.61. The van der Waals surface area contributed by atoms with Crippen molar-refractivity contribution in [2.45, 2.75) is 13.0 Å². The molecule has 23 heavy (non-hydrogen) atoms. The fraction of sp³-hybridized carbons (Fsp3) is 0.278. The minimum absolute atomic E-state index is 0.0404. The van der Waals surface area contributed by atoms with Crippen molar-refractivity contribution >= 4 is 5.91 Å². The molecule has 120 valence electrons. The van der Waals surface area contributed by atoms with Gasteiger partial charge in [0, 0.05) is 13.6 Å². The van der Waals surface area contributed by atoms with Crippen LogP contribution >= 0.6 is 0 Å². The molecule has 0 aliphatic carbocycles. The summed E-state index contributed by atoms with van der Waals surface area (Å²) in [5.41, 5.74) is 1.01. The van der Waals surface area contributed by atoms with Crippen LogP contribution in [0.25, 0.3) is 0 Å². The number of fused-ring (bicyclic) bond motifs is 1. The second-order valence-electron chi connectivity index (χ2n) is 5.35. The highest BCUT2D eigenvalue weighted by Crippen LogP contribution is 2.32. The largest absolute Gasteiger partial charge is 0.493 e. The van der Waals surface area contributed by atoms with Crippen LogP contribution in [-0.4, -0.2) is 31.3 Å². The highest BCUT2D eigenvalue weighted by atomic mass is 16.7. The summed E-state index contributed by atoms with van der Waals surface area (Å²) in [7, 11) is 1.79. The highest BCUT2D eigenvalue weighted by molar-refractivity contribution is 5.76. The zero-order valence-electron chi connectivity index (χ0n) is 13.0. The number of amides is 1. The van der Waals surface area contributed by atoms with Crippen LogP contribution < -0.4 is 14.2 Å². The molecule has 1 heterocycles. The Hall–Kier alpha value is -2.69. The molecule has 2 aromatic carbocycles. The van der Waals surface area contributed by atoms with Crippen LogP contribution in [0.3, 0.4) is 0 Å². The predicted octanol–water partition coefficient (Wildman–Crippen LogP) is 2.84. The lowest BCUT2D eigenvalue weighted by Gasteiger charge is -2.17. The molecule has 0 saturated carbocycles. The van der Waals surface area contributed by atoms with E-state index in [4.69, 9.17) is 14.2 Å². The van der Waals surface area contributed by atoms with Crippen molar-refractivity contribution in [2.24, 2.45) is 0 Å². The van der Waals surface area contributed by atoms with Crippen molar-refractivity contribution < 1.29 is 19.0 Å². The standard InChI is InChI=1S/C18H19NO4/c1-19(12-14-7-8-16-17(11-14)23-13-22-16)18(20)9-10-21-15-5-3-2-4-6-15/h2-8,11H,9-10,12-13H2,1H3. The quantitative estimate of drug-likeness (QED) is 0.823. The summed E-state index contributed by atoms with van der Waals surface area (Å²) < 4.78 is 16.2. The molecule has 0 unspecified atom stereocenters. The van der Waals surface area contributed by atoms with E-state index in [0.29, 0.717) is 19.6 Å². The maximum absolute atomic E-state index is 12.2. The second-order valence-corrected chi connectivity index (χ2v) is 5.35. The van der Waals surface area contributed by atoms with E-state index >= 15 is 0 Å². The van der Waals surface area contributed by atoms with Crippen LogP contribution in [0.5, 0.6) is 17.2 Å².